The van der Waals surface area contributed by atoms with Crippen LogP contribution in [0.15, 0.2) is 0 Å². The van der Waals surface area contributed by atoms with Crippen LogP contribution >= 0.6 is 0 Å². The molecule has 0 aromatic carbocycles. The molecule has 0 aromatic heterocycles. The molecular formula is C20H42ClNO3. The first-order valence-electron chi connectivity index (χ1n) is 9.93. The van der Waals surface area contributed by atoms with Crippen LogP contribution in [0.1, 0.15) is 77.6 Å². The third-order valence-corrected chi connectivity index (χ3v) is 4.21. The molecule has 0 amide bonds. The van der Waals surface area contributed by atoms with Gasteiger partial charge in [-0.3, -0.25) is 4.79 Å². The van der Waals surface area contributed by atoms with Gasteiger partial charge in [0.15, 0.2) is 0 Å². The van der Waals surface area contributed by atoms with Gasteiger partial charge in [0.05, 0.1) is 34.4 Å². The van der Waals surface area contributed by atoms with Gasteiger partial charge in [-0.1, -0.05) is 58.3 Å². The van der Waals surface area contributed by atoms with E-state index in [1.54, 1.807) is 0 Å². The van der Waals surface area contributed by atoms with Gasteiger partial charge in [0, 0.05) is 12.8 Å². The van der Waals surface area contributed by atoms with Gasteiger partial charge in [-0.25, -0.2) is 0 Å². The summed E-state index contributed by atoms with van der Waals surface area (Å²) in [5.41, 5.74) is 0. The number of halogens is 1. The summed E-state index contributed by atoms with van der Waals surface area (Å²) in [6.07, 6.45) is 12.5. The summed E-state index contributed by atoms with van der Waals surface area (Å²) in [7, 11) is 6.29. The van der Waals surface area contributed by atoms with E-state index in [0.29, 0.717) is 25.2 Å². The van der Waals surface area contributed by atoms with Crippen molar-refractivity contribution in [2.75, 3.05) is 40.9 Å². The lowest BCUT2D eigenvalue weighted by Crippen LogP contribution is -3.00. The van der Waals surface area contributed by atoms with E-state index in [4.69, 9.17) is 9.84 Å². The van der Waals surface area contributed by atoms with Crippen LogP contribution in [0.2, 0.25) is 0 Å². The molecule has 0 radical (unpaired) electrons. The molecular weight excluding hydrogens is 338 g/mol. The normalized spacial score (nSPS) is 12.7. The predicted octanol–water partition coefficient (Wildman–Crippen LogP) is 0.954. The largest absolute Gasteiger partial charge is 1.00 e. The van der Waals surface area contributed by atoms with Crippen molar-refractivity contribution in [3.05, 3.63) is 0 Å². The first-order valence-corrected chi connectivity index (χ1v) is 9.93. The molecule has 1 N–H and O–H groups in total. The maximum Gasteiger partial charge on any atom is 0.135 e. The number of aliphatic hydroxyl groups excluding tert-OH is 1. The minimum Gasteiger partial charge on any atom is -1.00 e. The Labute approximate surface area is 162 Å². The number of hydrogen-bond acceptors (Lipinski definition) is 3. The van der Waals surface area contributed by atoms with Crippen LogP contribution in [0.5, 0.6) is 0 Å². The summed E-state index contributed by atoms with van der Waals surface area (Å²) in [5.74, 6) is 0.300. The zero-order valence-electron chi connectivity index (χ0n) is 17.1. The summed E-state index contributed by atoms with van der Waals surface area (Å²) >= 11 is 0. The van der Waals surface area contributed by atoms with Crippen molar-refractivity contribution in [3.63, 3.8) is 0 Å². The predicted molar refractivity (Wildman–Crippen MR) is 101 cm³/mol. The fourth-order valence-corrected chi connectivity index (χ4v) is 3.00. The fraction of sp³-hybridized carbons (Fsp3) is 0.950. The van der Waals surface area contributed by atoms with Gasteiger partial charge in [0.1, 0.15) is 18.4 Å². The number of hydrogen-bond donors (Lipinski definition) is 1. The number of likely N-dealkylation sites (N-methyl/N-ethyl adjacent to an activating group) is 1. The Kier molecular flexibility index (Phi) is 18.7. The SMILES string of the molecule is CCCCCCCCCCCC(=O)CC(C[N+](C)(C)C)OCCO.[Cl-]. The number of carbonyl (C=O) groups is 1. The minimum absolute atomic E-state index is 0. The maximum absolute atomic E-state index is 12.2. The number of unbranched alkanes of at least 4 members (excludes halogenated alkanes) is 8. The molecule has 4 nitrogen and oxygen atoms in total. The van der Waals surface area contributed by atoms with Crippen molar-refractivity contribution in [1.29, 1.82) is 0 Å². The third kappa shape index (κ3) is 20.0. The van der Waals surface area contributed by atoms with Crippen LogP contribution < -0.4 is 12.4 Å². The zero-order chi connectivity index (χ0) is 18.3. The lowest BCUT2D eigenvalue weighted by atomic mass is 10.0. The Morgan fingerprint density at radius 1 is 0.960 bits per heavy atom. The summed E-state index contributed by atoms with van der Waals surface area (Å²) in [4.78, 5) is 12.2. The Balaban J connectivity index is 0. The second kappa shape index (κ2) is 17.3. The molecule has 0 saturated heterocycles. The molecule has 0 aromatic rings. The molecule has 0 heterocycles. The maximum atomic E-state index is 12.2. The molecule has 0 bridgehead atoms. The number of Topliss-reactive ketones (excluding diaryl/α,β-unsaturated/α-hetero) is 1. The molecule has 0 aliphatic heterocycles. The standard InChI is InChI=1S/C20H42NO3.ClH/c1-5-6-7-8-9-10-11-12-13-14-19(23)17-20(24-16-15-22)18-21(2,3)4;/h20,22H,5-18H2,1-4H3;1H/q+1;/p-1. The molecule has 0 fully saturated rings. The molecule has 1 unspecified atom stereocenters. The molecule has 1 atom stereocenters. The van der Waals surface area contributed by atoms with Crippen molar-refractivity contribution in [2.24, 2.45) is 0 Å². The summed E-state index contributed by atoms with van der Waals surface area (Å²) in [5, 5.41) is 8.92. The Morgan fingerprint density at radius 2 is 1.48 bits per heavy atom. The van der Waals surface area contributed by atoms with Crippen LogP contribution in [0.3, 0.4) is 0 Å². The van der Waals surface area contributed by atoms with Gasteiger partial charge < -0.3 is 26.7 Å². The topological polar surface area (TPSA) is 46.5 Å². The first-order chi connectivity index (χ1) is 11.4. The Bertz CT molecular complexity index is 306. The van der Waals surface area contributed by atoms with Crippen LogP contribution in [-0.4, -0.2) is 62.4 Å². The van der Waals surface area contributed by atoms with Gasteiger partial charge in [-0.05, 0) is 6.42 Å². The van der Waals surface area contributed by atoms with Crippen LogP contribution in [-0.2, 0) is 9.53 Å². The second-order valence-electron chi connectivity index (χ2n) is 8.01. The van der Waals surface area contributed by atoms with Gasteiger partial charge >= 0.3 is 0 Å². The van der Waals surface area contributed by atoms with E-state index in [-0.39, 0.29) is 25.1 Å². The summed E-state index contributed by atoms with van der Waals surface area (Å²) in [6.45, 7) is 3.37. The summed E-state index contributed by atoms with van der Waals surface area (Å²) < 4.78 is 6.41. The van der Waals surface area contributed by atoms with Gasteiger partial charge in [-0.2, -0.15) is 0 Å². The molecule has 0 saturated carbocycles. The van der Waals surface area contributed by atoms with Crippen molar-refractivity contribution in [3.8, 4) is 0 Å². The van der Waals surface area contributed by atoms with E-state index in [1.807, 2.05) is 0 Å². The second-order valence-corrected chi connectivity index (χ2v) is 8.01. The Hall–Kier alpha value is -0.160. The number of aliphatic hydroxyl groups is 1. The van der Waals surface area contributed by atoms with E-state index >= 15 is 0 Å². The number of quaternary nitrogens is 1. The Morgan fingerprint density at radius 3 is 1.96 bits per heavy atom. The zero-order valence-corrected chi connectivity index (χ0v) is 17.8. The van der Waals surface area contributed by atoms with Crippen molar-refractivity contribution in [1.82, 2.24) is 0 Å². The highest BCUT2D eigenvalue weighted by molar-refractivity contribution is 5.78. The number of rotatable bonds is 17. The average Bonchev–Trinajstić information content (AvgIpc) is 2.49. The number of ketones is 1. The molecule has 0 aliphatic carbocycles. The third-order valence-electron chi connectivity index (χ3n) is 4.21. The van der Waals surface area contributed by atoms with Crippen LogP contribution in [0.25, 0.3) is 0 Å². The highest BCUT2D eigenvalue weighted by atomic mass is 35.5. The molecule has 0 rings (SSSR count). The van der Waals surface area contributed by atoms with Crippen LogP contribution in [0.4, 0.5) is 0 Å². The average molecular weight is 380 g/mol. The van der Waals surface area contributed by atoms with E-state index in [0.717, 1.165) is 23.9 Å². The highest BCUT2D eigenvalue weighted by Gasteiger charge is 2.21. The van der Waals surface area contributed by atoms with Crippen molar-refractivity contribution >= 4 is 5.78 Å². The van der Waals surface area contributed by atoms with E-state index < -0.39 is 0 Å². The minimum atomic E-state index is -0.0804. The van der Waals surface area contributed by atoms with Crippen molar-refractivity contribution < 1.29 is 31.5 Å². The molecule has 152 valence electrons. The molecule has 25 heavy (non-hydrogen) atoms. The lowest BCUT2D eigenvalue weighted by Gasteiger charge is -2.29. The molecule has 0 spiro atoms. The number of nitrogens with zero attached hydrogens (tertiary/aromatic N) is 1. The lowest BCUT2D eigenvalue weighted by molar-refractivity contribution is -0.873. The number of ether oxygens (including phenoxy) is 1. The van der Waals surface area contributed by atoms with Gasteiger partial charge in [-0.15, -0.1) is 0 Å². The number of carbonyl (C=O) groups excluding carboxylic acids is 1. The quantitative estimate of drug-likeness (QED) is 0.302. The van der Waals surface area contributed by atoms with E-state index in [2.05, 4.69) is 28.1 Å². The first kappa shape index (κ1) is 27.1. The van der Waals surface area contributed by atoms with Gasteiger partial charge in [0.2, 0.25) is 0 Å². The fourth-order valence-electron chi connectivity index (χ4n) is 3.00. The van der Waals surface area contributed by atoms with E-state index in [1.165, 1.54) is 44.9 Å². The van der Waals surface area contributed by atoms with Crippen molar-refractivity contribution in [2.45, 2.75) is 83.7 Å². The molecule has 0 aliphatic rings. The molecule has 5 heteroatoms. The van der Waals surface area contributed by atoms with E-state index in [9.17, 15) is 4.79 Å². The smallest absolute Gasteiger partial charge is 0.135 e. The van der Waals surface area contributed by atoms with Crippen LogP contribution in [0, 0.1) is 0 Å². The monoisotopic (exact) mass is 379 g/mol. The highest BCUT2D eigenvalue weighted by Crippen LogP contribution is 2.12. The summed E-state index contributed by atoms with van der Waals surface area (Å²) in [6, 6.07) is 0. The van der Waals surface area contributed by atoms with Gasteiger partial charge in [0.25, 0.3) is 0 Å².